The second-order valence-electron chi connectivity index (χ2n) is 7.07. The van der Waals surface area contributed by atoms with Gasteiger partial charge in [0.2, 0.25) is 5.91 Å². The van der Waals surface area contributed by atoms with Crippen LogP contribution in [0.15, 0.2) is 42.5 Å². The van der Waals surface area contributed by atoms with Crippen LogP contribution in [-0.2, 0) is 11.3 Å². The summed E-state index contributed by atoms with van der Waals surface area (Å²) in [6.07, 6.45) is 2.66. The second-order valence-corrected chi connectivity index (χ2v) is 7.48. The standard InChI is InChI=1S/C21H23ClN2O/c1-15-8-9-19-17(13-15)20(24-11-4-7-21(24)25)10-12-23(19)14-16-5-2-3-6-18(16)22/h2-3,5-6,8-9,13,20H,4,7,10-12,14H2,1H3. The molecule has 2 heterocycles. The van der Waals surface area contributed by atoms with Gasteiger partial charge in [-0.3, -0.25) is 4.79 Å². The summed E-state index contributed by atoms with van der Waals surface area (Å²) in [6.45, 7) is 4.75. The predicted molar refractivity (Wildman–Crippen MR) is 102 cm³/mol. The van der Waals surface area contributed by atoms with Gasteiger partial charge in [-0.2, -0.15) is 0 Å². The molecule has 130 valence electrons. The van der Waals surface area contributed by atoms with Crippen molar-refractivity contribution in [2.24, 2.45) is 0 Å². The molecule has 2 aliphatic heterocycles. The smallest absolute Gasteiger partial charge is 0.223 e. The van der Waals surface area contributed by atoms with Crippen LogP contribution in [0, 0.1) is 6.92 Å². The van der Waals surface area contributed by atoms with Crippen LogP contribution < -0.4 is 4.90 Å². The minimum atomic E-state index is 0.215. The van der Waals surface area contributed by atoms with Crippen molar-refractivity contribution in [1.82, 2.24) is 4.90 Å². The molecule has 2 aromatic carbocycles. The molecule has 0 radical (unpaired) electrons. The Balaban J connectivity index is 1.68. The largest absolute Gasteiger partial charge is 0.367 e. The lowest BCUT2D eigenvalue weighted by Gasteiger charge is -2.40. The number of carbonyl (C=O) groups excluding carboxylic acids is 1. The zero-order chi connectivity index (χ0) is 17.4. The lowest BCUT2D eigenvalue weighted by molar-refractivity contribution is -0.130. The summed E-state index contributed by atoms with van der Waals surface area (Å²) >= 11 is 6.37. The fourth-order valence-corrected chi connectivity index (χ4v) is 4.30. The maximum atomic E-state index is 12.3. The Bertz CT molecular complexity index is 804. The minimum absolute atomic E-state index is 0.215. The number of likely N-dealkylation sites (tertiary alicyclic amines) is 1. The zero-order valence-electron chi connectivity index (χ0n) is 14.5. The van der Waals surface area contributed by atoms with Crippen LogP contribution in [0.5, 0.6) is 0 Å². The molecule has 0 saturated carbocycles. The number of nitrogens with zero attached hydrogens (tertiary/aromatic N) is 2. The molecule has 0 N–H and O–H groups in total. The number of aryl methyl sites for hydroxylation is 1. The van der Waals surface area contributed by atoms with Gasteiger partial charge in [-0.25, -0.2) is 0 Å². The van der Waals surface area contributed by atoms with Crippen LogP contribution in [-0.4, -0.2) is 23.9 Å². The molecule has 0 bridgehead atoms. The summed E-state index contributed by atoms with van der Waals surface area (Å²) in [5.74, 6) is 0.303. The first kappa shape index (κ1) is 16.5. The number of anilines is 1. The molecule has 25 heavy (non-hydrogen) atoms. The monoisotopic (exact) mass is 354 g/mol. The molecule has 0 aliphatic carbocycles. The molecule has 4 heteroatoms. The minimum Gasteiger partial charge on any atom is -0.367 e. The molecule has 1 atom stereocenters. The van der Waals surface area contributed by atoms with Crippen LogP contribution in [0.4, 0.5) is 5.69 Å². The molecule has 4 rings (SSSR count). The number of carbonyl (C=O) groups is 1. The van der Waals surface area contributed by atoms with Crippen molar-refractivity contribution in [3.05, 3.63) is 64.2 Å². The van der Waals surface area contributed by atoms with Crippen LogP contribution in [0.1, 0.15) is 42.0 Å². The number of hydrogen-bond donors (Lipinski definition) is 0. The van der Waals surface area contributed by atoms with Crippen LogP contribution >= 0.6 is 11.6 Å². The van der Waals surface area contributed by atoms with E-state index in [4.69, 9.17) is 11.6 Å². The Morgan fingerprint density at radius 1 is 1.16 bits per heavy atom. The molecule has 1 amide bonds. The average molecular weight is 355 g/mol. The third kappa shape index (κ3) is 3.13. The zero-order valence-corrected chi connectivity index (χ0v) is 15.3. The number of rotatable bonds is 3. The Hall–Kier alpha value is -2.00. The van der Waals surface area contributed by atoms with E-state index in [0.717, 1.165) is 43.1 Å². The normalized spacial score (nSPS) is 20.1. The maximum Gasteiger partial charge on any atom is 0.223 e. The highest BCUT2D eigenvalue weighted by atomic mass is 35.5. The Kier molecular flexibility index (Phi) is 4.43. The lowest BCUT2D eigenvalue weighted by Crippen LogP contribution is -2.38. The lowest BCUT2D eigenvalue weighted by atomic mass is 9.93. The number of hydrogen-bond acceptors (Lipinski definition) is 2. The second kappa shape index (κ2) is 6.72. The van der Waals surface area contributed by atoms with Crippen molar-refractivity contribution in [3.63, 3.8) is 0 Å². The first-order valence-corrected chi connectivity index (χ1v) is 9.39. The summed E-state index contributed by atoms with van der Waals surface area (Å²) < 4.78 is 0. The molecule has 3 nitrogen and oxygen atoms in total. The fraction of sp³-hybridized carbons (Fsp3) is 0.381. The topological polar surface area (TPSA) is 23.6 Å². The fourth-order valence-electron chi connectivity index (χ4n) is 4.10. The van der Waals surface area contributed by atoms with E-state index in [0.29, 0.717) is 12.3 Å². The SMILES string of the molecule is Cc1ccc2c(c1)C(N1CCCC1=O)CCN2Cc1ccccc1Cl. The van der Waals surface area contributed by atoms with Crippen molar-refractivity contribution in [2.75, 3.05) is 18.0 Å². The Morgan fingerprint density at radius 3 is 2.76 bits per heavy atom. The summed E-state index contributed by atoms with van der Waals surface area (Å²) in [6, 6.07) is 14.9. The predicted octanol–water partition coefficient (Wildman–Crippen LogP) is 4.72. The van der Waals surface area contributed by atoms with Crippen molar-refractivity contribution >= 4 is 23.2 Å². The molecule has 0 aromatic heterocycles. The molecule has 0 spiro atoms. The quantitative estimate of drug-likeness (QED) is 0.796. The highest BCUT2D eigenvalue weighted by Crippen LogP contribution is 2.40. The molecular formula is C21H23ClN2O. The van der Waals surface area contributed by atoms with E-state index in [1.165, 1.54) is 16.8 Å². The van der Waals surface area contributed by atoms with Gasteiger partial charge in [0.15, 0.2) is 0 Å². The Morgan fingerprint density at radius 2 is 2.00 bits per heavy atom. The van der Waals surface area contributed by atoms with E-state index in [1.54, 1.807) is 0 Å². The van der Waals surface area contributed by atoms with Gasteiger partial charge >= 0.3 is 0 Å². The molecule has 1 fully saturated rings. The van der Waals surface area contributed by atoms with Gasteiger partial charge in [0.1, 0.15) is 0 Å². The van der Waals surface area contributed by atoms with Gasteiger partial charge in [-0.05, 0) is 43.0 Å². The van der Waals surface area contributed by atoms with Gasteiger partial charge in [-0.1, -0.05) is 47.5 Å². The highest BCUT2D eigenvalue weighted by Gasteiger charge is 2.34. The van der Waals surface area contributed by atoms with Gasteiger partial charge in [0, 0.05) is 36.8 Å². The third-order valence-electron chi connectivity index (χ3n) is 5.36. The number of halogens is 1. The van der Waals surface area contributed by atoms with Gasteiger partial charge < -0.3 is 9.80 Å². The van der Waals surface area contributed by atoms with E-state index in [9.17, 15) is 4.79 Å². The Labute approximate surface area is 154 Å². The number of benzene rings is 2. The summed E-state index contributed by atoms with van der Waals surface area (Å²) in [5.41, 5.74) is 4.91. The molecular weight excluding hydrogens is 332 g/mol. The summed E-state index contributed by atoms with van der Waals surface area (Å²) in [5, 5.41) is 0.813. The first-order valence-electron chi connectivity index (χ1n) is 9.02. The van der Waals surface area contributed by atoms with Crippen LogP contribution in [0.25, 0.3) is 0 Å². The average Bonchev–Trinajstić information content (AvgIpc) is 3.03. The maximum absolute atomic E-state index is 12.3. The van der Waals surface area contributed by atoms with Gasteiger partial charge in [0.05, 0.1) is 6.04 Å². The molecule has 1 unspecified atom stereocenters. The summed E-state index contributed by atoms with van der Waals surface area (Å²) in [7, 11) is 0. The summed E-state index contributed by atoms with van der Waals surface area (Å²) in [4.78, 5) is 16.8. The first-order chi connectivity index (χ1) is 12.1. The molecule has 2 aliphatic rings. The van der Waals surface area contributed by atoms with Crippen LogP contribution in [0.2, 0.25) is 5.02 Å². The van der Waals surface area contributed by atoms with E-state index in [2.05, 4.69) is 41.0 Å². The van der Waals surface area contributed by atoms with E-state index >= 15 is 0 Å². The van der Waals surface area contributed by atoms with Crippen molar-refractivity contribution in [2.45, 2.75) is 38.8 Å². The van der Waals surface area contributed by atoms with Crippen molar-refractivity contribution in [3.8, 4) is 0 Å². The molecule has 2 aromatic rings. The van der Waals surface area contributed by atoms with Gasteiger partial charge in [0.25, 0.3) is 0 Å². The van der Waals surface area contributed by atoms with Crippen LogP contribution in [0.3, 0.4) is 0 Å². The third-order valence-corrected chi connectivity index (χ3v) is 5.73. The number of fused-ring (bicyclic) bond motifs is 1. The van der Waals surface area contributed by atoms with Crippen molar-refractivity contribution < 1.29 is 4.79 Å². The van der Waals surface area contributed by atoms with Crippen molar-refractivity contribution in [1.29, 1.82) is 0 Å². The molecule has 1 saturated heterocycles. The van der Waals surface area contributed by atoms with E-state index in [-0.39, 0.29) is 6.04 Å². The number of amides is 1. The van der Waals surface area contributed by atoms with Gasteiger partial charge in [-0.15, -0.1) is 0 Å². The highest BCUT2D eigenvalue weighted by molar-refractivity contribution is 6.31. The van der Waals surface area contributed by atoms with E-state index in [1.807, 2.05) is 18.2 Å². The van der Waals surface area contributed by atoms with E-state index < -0.39 is 0 Å².